The Bertz CT molecular complexity index is 597. The van der Waals surface area contributed by atoms with Crippen molar-refractivity contribution in [1.29, 1.82) is 0 Å². The molecule has 0 radical (unpaired) electrons. The summed E-state index contributed by atoms with van der Waals surface area (Å²) >= 11 is 17.1. The minimum Gasteiger partial charge on any atom is -0.357 e. The van der Waals surface area contributed by atoms with Crippen molar-refractivity contribution in [3.05, 3.63) is 46.2 Å². The van der Waals surface area contributed by atoms with E-state index in [1.807, 2.05) is 19.3 Å². The molecular weight excluding hydrogens is 303 g/mol. The Hall–Kier alpha value is -1.30. The van der Waals surface area contributed by atoms with E-state index >= 15 is 0 Å². The molecule has 2 rings (SSSR count). The summed E-state index contributed by atoms with van der Waals surface area (Å²) < 4.78 is 1.74. The Morgan fingerprint density at radius 2 is 2.16 bits per heavy atom. The fourth-order valence-corrected chi connectivity index (χ4v) is 2.01. The van der Waals surface area contributed by atoms with Gasteiger partial charge in [0.05, 0.1) is 22.9 Å². The van der Waals surface area contributed by atoms with Gasteiger partial charge >= 0.3 is 0 Å². The second-order valence-corrected chi connectivity index (χ2v) is 5.16. The molecule has 0 unspecified atom stereocenters. The second kappa shape index (κ2) is 6.23. The number of hydrogen-bond donors (Lipinski definition) is 2. The van der Waals surface area contributed by atoms with Crippen LogP contribution in [0.15, 0.2) is 30.5 Å². The van der Waals surface area contributed by atoms with Crippen molar-refractivity contribution in [2.24, 2.45) is 7.05 Å². The first-order valence-corrected chi connectivity index (χ1v) is 6.69. The number of aromatic nitrogens is 2. The SMILES string of the molecule is Cn1ccc(CNC(=S)Nc2cc(Cl)ccc2Cl)n1. The van der Waals surface area contributed by atoms with E-state index in [0.29, 0.717) is 27.4 Å². The molecule has 2 N–H and O–H groups in total. The highest BCUT2D eigenvalue weighted by molar-refractivity contribution is 7.80. The maximum absolute atomic E-state index is 6.04. The van der Waals surface area contributed by atoms with E-state index in [2.05, 4.69) is 15.7 Å². The third-order valence-corrected chi connectivity index (χ3v) is 3.19. The Morgan fingerprint density at radius 3 is 2.84 bits per heavy atom. The number of thiocarbonyl (C=S) groups is 1. The zero-order chi connectivity index (χ0) is 13.8. The molecule has 4 nitrogen and oxygen atoms in total. The number of anilines is 1. The van der Waals surface area contributed by atoms with Crippen molar-refractivity contribution in [2.45, 2.75) is 6.54 Å². The minimum atomic E-state index is 0.467. The van der Waals surface area contributed by atoms with Gasteiger partial charge in [0.15, 0.2) is 5.11 Å². The maximum atomic E-state index is 6.04. The first-order valence-electron chi connectivity index (χ1n) is 5.53. The standard InChI is InChI=1S/C12H12Cl2N4S/c1-18-5-4-9(17-18)7-15-12(19)16-11-6-8(13)2-3-10(11)14/h2-6H,7H2,1H3,(H2,15,16,19). The van der Waals surface area contributed by atoms with E-state index < -0.39 is 0 Å². The molecule has 0 spiro atoms. The molecule has 0 amide bonds. The first kappa shape index (κ1) is 14.1. The van der Waals surface area contributed by atoms with Crippen LogP contribution in [0, 0.1) is 0 Å². The van der Waals surface area contributed by atoms with E-state index in [-0.39, 0.29) is 0 Å². The van der Waals surface area contributed by atoms with Gasteiger partial charge in [0.25, 0.3) is 0 Å². The normalized spacial score (nSPS) is 10.3. The van der Waals surface area contributed by atoms with Crippen molar-refractivity contribution >= 4 is 46.2 Å². The maximum Gasteiger partial charge on any atom is 0.171 e. The molecule has 0 bridgehead atoms. The van der Waals surface area contributed by atoms with E-state index in [4.69, 9.17) is 35.4 Å². The minimum absolute atomic E-state index is 0.467. The number of hydrogen-bond acceptors (Lipinski definition) is 2. The second-order valence-electron chi connectivity index (χ2n) is 3.91. The van der Waals surface area contributed by atoms with Crippen molar-refractivity contribution in [1.82, 2.24) is 15.1 Å². The molecule has 7 heteroatoms. The van der Waals surface area contributed by atoms with Crippen molar-refractivity contribution < 1.29 is 0 Å². The van der Waals surface area contributed by atoms with Gasteiger partial charge in [-0.15, -0.1) is 0 Å². The Balaban J connectivity index is 1.92. The van der Waals surface area contributed by atoms with Crippen molar-refractivity contribution in [3.63, 3.8) is 0 Å². The summed E-state index contributed by atoms with van der Waals surface area (Å²) in [4.78, 5) is 0. The predicted octanol–water partition coefficient (Wildman–Crippen LogP) is 3.21. The fraction of sp³-hybridized carbons (Fsp3) is 0.167. The average Bonchev–Trinajstić information content (AvgIpc) is 2.77. The van der Waals surface area contributed by atoms with Gasteiger partial charge in [0.2, 0.25) is 0 Å². The lowest BCUT2D eigenvalue weighted by Crippen LogP contribution is -2.28. The number of nitrogens with zero attached hydrogens (tertiary/aromatic N) is 2. The zero-order valence-electron chi connectivity index (χ0n) is 10.2. The summed E-state index contributed by atoms with van der Waals surface area (Å²) in [5.41, 5.74) is 1.58. The highest BCUT2D eigenvalue weighted by atomic mass is 35.5. The lowest BCUT2D eigenvalue weighted by molar-refractivity contribution is 0.731. The van der Waals surface area contributed by atoms with Gasteiger partial charge in [0, 0.05) is 18.3 Å². The number of nitrogens with one attached hydrogen (secondary N) is 2. The fourth-order valence-electron chi connectivity index (χ4n) is 1.49. The molecule has 0 aliphatic rings. The van der Waals surface area contributed by atoms with Gasteiger partial charge in [-0.05, 0) is 36.5 Å². The Morgan fingerprint density at radius 1 is 1.37 bits per heavy atom. The number of halogens is 2. The van der Waals surface area contributed by atoms with Gasteiger partial charge in [0.1, 0.15) is 0 Å². The molecule has 19 heavy (non-hydrogen) atoms. The van der Waals surface area contributed by atoms with E-state index in [1.165, 1.54) is 0 Å². The molecule has 2 aromatic rings. The molecule has 0 aliphatic heterocycles. The first-order chi connectivity index (χ1) is 9.04. The van der Waals surface area contributed by atoms with Crippen LogP contribution in [-0.4, -0.2) is 14.9 Å². The van der Waals surface area contributed by atoms with Crippen LogP contribution in [0.5, 0.6) is 0 Å². The molecule has 0 aliphatic carbocycles. The Labute approximate surface area is 126 Å². The third-order valence-electron chi connectivity index (χ3n) is 2.38. The highest BCUT2D eigenvalue weighted by Crippen LogP contribution is 2.25. The molecule has 1 aromatic carbocycles. The van der Waals surface area contributed by atoms with Crippen LogP contribution in [0.25, 0.3) is 0 Å². The van der Waals surface area contributed by atoms with E-state index in [0.717, 1.165) is 5.69 Å². The summed E-state index contributed by atoms with van der Waals surface area (Å²) in [5.74, 6) is 0. The smallest absolute Gasteiger partial charge is 0.171 e. The summed E-state index contributed by atoms with van der Waals surface area (Å²) in [5, 5.41) is 11.9. The molecule has 1 heterocycles. The summed E-state index contributed by atoms with van der Waals surface area (Å²) in [6.45, 7) is 0.546. The van der Waals surface area contributed by atoms with Crippen molar-refractivity contribution in [3.8, 4) is 0 Å². The van der Waals surface area contributed by atoms with Gasteiger partial charge < -0.3 is 10.6 Å². The topological polar surface area (TPSA) is 41.9 Å². The van der Waals surface area contributed by atoms with Crippen LogP contribution in [0.1, 0.15) is 5.69 Å². The highest BCUT2D eigenvalue weighted by Gasteiger charge is 2.04. The van der Waals surface area contributed by atoms with E-state index in [1.54, 1.807) is 22.9 Å². The van der Waals surface area contributed by atoms with Crippen LogP contribution in [0.3, 0.4) is 0 Å². The Kier molecular flexibility index (Phi) is 4.63. The van der Waals surface area contributed by atoms with Crippen LogP contribution < -0.4 is 10.6 Å². The molecular formula is C12H12Cl2N4S. The average molecular weight is 315 g/mol. The van der Waals surface area contributed by atoms with Gasteiger partial charge in [-0.2, -0.15) is 5.10 Å². The largest absolute Gasteiger partial charge is 0.357 e. The molecule has 100 valence electrons. The lowest BCUT2D eigenvalue weighted by atomic mass is 10.3. The zero-order valence-corrected chi connectivity index (χ0v) is 12.5. The molecule has 0 atom stereocenters. The molecule has 0 fully saturated rings. The summed E-state index contributed by atoms with van der Waals surface area (Å²) in [6.07, 6.45) is 1.88. The van der Waals surface area contributed by atoms with Gasteiger partial charge in [-0.1, -0.05) is 23.2 Å². The summed E-state index contributed by atoms with van der Waals surface area (Å²) in [7, 11) is 1.87. The monoisotopic (exact) mass is 314 g/mol. The third kappa shape index (κ3) is 4.09. The number of aryl methyl sites for hydroxylation is 1. The van der Waals surface area contributed by atoms with Crippen LogP contribution in [0.4, 0.5) is 5.69 Å². The van der Waals surface area contributed by atoms with Gasteiger partial charge in [-0.25, -0.2) is 0 Å². The van der Waals surface area contributed by atoms with Crippen molar-refractivity contribution in [2.75, 3.05) is 5.32 Å². The number of rotatable bonds is 3. The summed E-state index contributed by atoms with van der Waals surface area (Å²) in [6, 6.07) is 7.08. The quantitative estimate of drug-likeness (QED) is 0.854. The van der Waals surface area contributed by atoms with Crippen LogP contribution in [0.2, 0.25) is 10.0 Å². The molecule has 0 saturated carbocycles. The predicted molar refractivity (Wildman–Crippen MR) is 82.7 cm³/mol. The molecule has 0 saturated heterocycles. The number of benzene rings is 1. The lowest BCUT2D eigenvalue weighted by Gasteiger charge is -2.11. The van der Waals surface area contributed by atoms with Crippen LogP contribution in [-0.2, 0) is 13.6 Å². The van der Waals surface area contributed by atoms with Crippen LogP contribution >= 0.6 is 35.4 Å². The molecule has 1 aromatic heterocycles. The van der Waals surface area contributed by atoms with E-state index in [9.17, 15) is 0 Å². The van der Waals surface area contributed by atoms with Gasteiger partial charge in [-0.3, -0.25) is 4.68 Å².